The first-order chi connectivity index (χ1) is 8.90. The van der Waals surface area contributed by atoms with Crippen LogP contribution in [-0.4, -0.2) is 25.8 Å². The highest BCUT2D eigenvalue weighted by molar-refractivity contribution is 7.11. The number of hydrogen-bond donors (Lipinski definition) is 2. The molecule has 0 fully saturated rings. The third-order valence-electron chi connectivity index (χ3n) is 2.76. The van der Waals surface area contributed by atoms with Crippen molar-refractivity contribution in [3.8, 4) is 0 Å². The zero-order valence-corrected chi connectivity index (χ0v) is 11.1. The van der Waals surface area contributed by atoms with Gasteiger partial charge >= 0.3 is 5.97 Å². The van der Waals surface area contributed by atoms with Gasteiger partial charge in [0, 0.05) is 16.5 Å². The second-order valence-corrected chi connectivity index (χ2v) is 4.89. The van der Waals surface area contributed by atoms with Crippen molar-refractivity contribution in [2.45, 2.75) is 20.4 Å². The molecule has 0 unspecified atom stereocenters. The molecule has 7 nitrogen and oxygen atoms in total. The Morgan fingerprint density at radius 2 is 2.11 bits per heavy atom. The Balaban J connectivity index is 2.41. The maximum Gasteiger partial charge on any atom is 0.365 e. The van der Waals surface area contributed by atoms with E-state index in [0.29, 0.717) is 16.8 Å². The summed E-state index contributed by atoms with van der Waals surface area (Å²) in [5, 5.41) is 12.7. The van der Waals surface area contributed by atoms with Crippen LogP contribution in [0.25, 0.3) is 0 Å². The second-order valence-electron chi connectivity index (χ2n) is 4.03. The van der Waals surface area contributed by atoms with Crippen LogP contribution in [0.3, 0.4) is 0 Å². The number of carboxylic acids is 1. The van der Waals surface area contributed by atoms with Crippen molar-refractivity contribution in [3.05, 3.63) is 47.9 Å². The molecule has 0 saturated carbocycles. The van der Waals surface area contributed by atoms with Crippen molar-refractivity contribution in [2.24, 2.45) is 0 Å². The summed E-state index contributed by atoms with van der Waals surface area (Å²) in [6, 6.07) is 0. The standard InChI is InChI=1S/C11H11N3O4S/c1-5-6(2)10(16)14(13-8(5)15)3-7-4-19-9(12-7)11(17)18/h4H,3H2,1-2H3,(H,13,15)(H,17,18). The predicted octanol–water partition coefficient (Wildman–Crippen LogP) is 0.356. The minimum absolute atomic E-state index is 0.0406. The molecule has 2 rings (SSSR count). The van der Waals surface area contributed by atoms with Crippen LogP contribution < -0.4 is 11.1 Å². The van der Waals surface area contributed by atoms with Gasteiger partial charge in [-0.1, -0.05) is 0 Å². The van der Waals surface area contributed by atoms with E-state index in [2.05, 4.69) is 10.1 Å². The summed E-state index contributed by atoms with van der Waals surface area (Å²) in [5.74, 6) is -1.11. The van der Waals surface area contributed by atoms with E-state index in [1.54, 1.807) is 19.2 Å². The monoisotopic (exact) mass is 281 g/mol. The van der Waals surface area contributed by atoms with Crippen LogP contribution in [0.4, 0.5) is 0 Å². The summed E-state index contributed by atoms with van der Waals surface area (Å²) in [7, 11) is 0. The number of rotatable bonds is 3. The summed E-state index contributed by atoms with van der Waals surface area (Å²) in [5.41, 5.74) is 0.513. The van der Waals surface area contributed by atoms with E-state index in [4.69, 9.17) is 5.11 Å². The maximum absolute atomic E-state index is 11.9. The number of carboxylic acid groups (broad SMARTS) is 1. The van der Waals surface area contributed by atoms with Crippen LogP contribution in [0.1, 0.15) is 26.6 Å². The van der Waals surface area contributed by atoms with Gasteiger partial charge in [-0.25, -0.2) is 14.5 Å². The number of H-pyrrole nitrogens is 1. The van der Waals surface area contributed by atoms with Gasteiger partial charge in [0.15, 0.2) is 0 Å². The third-order valence-corrected chi connectivity index (χ3v) is 3.64. The van der Waals surface area contributed by atoms with Crippen molar-refractivity contribution in [2.75, 3.05) is 0 Å². The highest BCUT2D eigenvalue weighted by Gasteiger charge is 2.12. The van der Waals surface area contributed by atoms with Crippen LogP contribution in [0, 0.1) is 13.8 Å². The Hall–Kier alpha value is -2.22. The lowest BCUT2D eigenvalue weighted by molar-refractivity contribution is 0.0696. The molecule has 0 aliphatic carbocycles. The highest BCUT2D eigenvalue weighted by Crippen LogP contribution is 2.10. The Morgan fingerprint density at radius 1 is 1.42 bits per heavy atom. The van der Waals surface area contributed by atoms with Gasteiger partial charge in [-0.15, -0.1) is 11.3 Å². The maximum atomic E-state index is 11.9. The average molecular weight is 281 g/mol. The van der Waals surface area contributed by atoms with Crippen molar-refractivity contribution >= 4 is 17.3 Å². The first-order valence-corrected chi connectivity index (χ1v) is 6.26. The number of nitrogens with zero attached hydrogens (tertiary/aromatic N) is 2. The molecule has 0 aliphatic heterocycles. The molecule has 0 spiro atoms. The molecule has 0 aromatic carbocycles. The fourth-order valence-electron chi connectivity index (χ4n) is 1.54. The largest absolute Gasteiger partial charge is 0.476 e. The summed E-state index contributed by atoms with van der Waals surface area (Å²) < 4.78 is 1.13. The molecule has 0 atom stereocenters. The molecule has 100 valence electrons. The normalized spacial score (nSPS) is 10.6. The second kappa shape index (κ2) is 4.81. The van der Waals surface area contributed by atoms with Crippen molar-refractivity contribution < 1.29 is 9.90 Å². The quantitative estimate of drug-likeness (QED) is 0.845. The Kier molecular flexibility index (Phi) is 3.34. The highest BCUT2D eigenvalue weighted by atomic mass is 32.1. The van der Waals surface area contributed by atoms with Crippen molar-refractivity contribution in [3.63, 3.8) is 0 Å². The van der Waals surface area contributed by atoms with Gasteiger partial charge in [0.05, 0.1) is 12.2 Å². The summed E-state index contributed by atoms with van der Waals surface area (Å²) in [6.45, 7) is 3.19. The summed E-state index contributed by atoms with van der Waals surface area (Å²) in [4.78, 5) is 38.1. The minimum atomic E-state index is -1.11. The number of nitrogens with one attached hydrogen (secondary N) is 1. The molecule has 2 N–H and O–H groups in total. The van der Waals surface area contributed by atoms with Crippen LogP contribution in [0.5, 0.6) is 0 Å². The van der Waals surface area contributed by atoms with E-state index in [1.807, 2.05) is 0 Å². The average Bonchev–Trinajstić information content (AvgIpc) is 2.82. The topological polar surface area (TPSA) is 105 Å². The van der Waals surface area contributed by atoms with Crippen LogP contribution in [0.15, 0.2) is 15.0 Å². The number of aromatic nitrogens is 3. The molecular formula is C11H11N3O4S. The van der Waals surface area contributed by atoms with E-state index >= 15 is 0 Å². The third kappa shape index (κ3) is 2.48. The lowest BCUT2D eigenvalue weighted by atomic mass is 10.2. The SMILES string of the molecule is Cc1c(C)c(=O)n(Cc2csc(C(=O)O)n2)[nH]c1=O. The first kappa shape index (κ1) is 13.2. The molecule has 2 aromatic rings. The zero-order valence-electron chi connectivity index (χ0n) is 10.3. The molecule has 2 aromatic heterocycles. The van der Waals surface area contributed by atoms with E-state index < -0.39 is 5.97 Å². The molecule has 0 radical (unpaired) electrons. The Bertz CT molecular complexity index is 756. The van der Waals surface area contributed by atoms with Gasteiger partial charge in [0.2, 0.25) is 5.01 Å². The van der Waals surface area contributed by atoms with Crippen LogP contribution in [0.2, 0.25) is 0 Å². The number of hydrogen-bond acceptors (Lipinski definition) is 5. The van der Waals surface area contributed by atoms with E-state index in [0.717, 1.165) is 16.0 Å². The smallest absolute Gasteiger partial charge is 0.365 e. The summed E-state index contributed by atoms with van der Waals surface area (Å²) >= 11 is 0.976. The molecule has 2 heterocycles. The van der Waals surface area contributed by atoms with E-state index in [1.165, 1.54) is 0 Å². The summed E-state index contributed by atoms with van der Waals surface area (Å²) in [6.07, 6.45) is 0. The Morgan fingerprint density at radius 3 is 2.68 bits per heavy atom. The van der Waals surface area contributed by atoms with Crippen molar-refractivity contribution in [1.82, 2.24) is 14.8 Å². The number of aromatic carboxylic acids is 1. The minimum Gasteiger partial charge on any atom is -0.476 e. The fraction of sp³-hybridized carbons (Fsp3) is 0.273. The number of carbonyl (C=O) groups is 1. The lowest BCUT2D eigenvalue weighted by Crippen LogP contribution is -2.33. The van der Waals surface area contributed by atoms with Crippen LogP contribution >= 0.6 is 11.3 Å². The molecule has 0 aliphatic rings. The molecular weight excluding hydrogens is 270 g/mol. The van der Waals surface area contributed by atoms with Gasteiger partial charge in [0.25, 0.3) is 11.1 Å². The van der Waals surface area contributed by atoms with Gasteiger partial charge in [0.1, 0.15) is 0 Å². The zero-order chi connectivity index (χ0) is 14.2. The number of thiazole rings is 1. The van der Waals surface area contributed by atoms with Crippen molar-refractivity contribution in [1.29, 1.82) is 0 Å². The first-order valence-electron chi connectivity index (χ1n) is 5.38. The number of aromatic amines is 1. The van der Waals surface area contributed by atoms with Gasteiger partial charge in [-0.05, 0) is 13.8 Å². The Labute approximate surface area is 111 Å². The molecule has 8 heteroatoms. The molecule has 19 heavy (non-hydrogen) atoms. The van der Waals surface area contributed by atoms with E-state index in [9.17, 15) is 14.4 Å². The molecule has 0 saturated heterocycles. The molecule has 0 amide bonds. The lowest BCUT2D eigenvalue weighted by Gasteiger charge is -2.06. The van der Waals surface area contributed by atoms with E-state index in [-0.39, 0.29) is 22.7 Å². The van der Waals surface area contributed by atoms with Gasteiger partial charge in [-0.2, -0.15) is 0 Å². The predicted molar refractivity (Wildman–Crippen MR) is 69.0 cm³/mol. The molecule has 0 bridgehead atoms. The van der Waals surface area contributed by atoms with Gasteiger partial charge < -0.3 is 5.11 Å². The fourth-order valence-corrected chi connectivity index (χ4v) is 2.19. The van der Waals surface area contributed by atoms with Crippen LogP contribution in [-0.2, 0) is 6.54 Å². The van der Waals surface area contributed by atoms with Gasteiger partial charge in [-0.3, -0.25) is 14.7 Å².